The van der Waals surface area contributed by atoms with Gasteiger partial charge in [0, 0.05) is 45.5 Å². The number of likely N-dealkylation sites (tertiary alicyclic amines) is 1. The number of hydrogen-bond acceptors (Lipinski definition) is 4. The minimum Gasteiger partial charge on any atom is -0.370 e. The van der Waals surface area contributed by atoms with Crippen LogP contribution in [-0.4, -0.2) is 66.6 Å². The van der Waals surface area contributed by atoms with E-state index in [4.69, 9.17) is 5.73 Å². The van der Waals surface area contributed by atoms with Crippen LogP contribution in [0.15, 0.2) is 23.3 Å². The van der Waals surface area contributed by atoms with Crippen LogP contribution in [0.25, 0.3) is 0 Å². The van der Waals surface area contributed by atoms with E-state index in [1.165, 1.54) is 24.8 Å². The second-order valence-electron chi connectivity index (χ2n) is 6.67. The third-order valence-electron chi connectivity index (χ3n) is 5.06. The van der Waals surface area contributed by atoms with Crippen molar-refractivity contribution < 1.29 is 0 Å². The van der Waals surface area contributed by atoms with Gasteiger partial charge in [-0.25, -0.2) is 9.98 Å². The Balaban J connectivity index is 0.00000225. The lowest BCUT2D eigenvalue weighted by atomic mass is 10.1. The number of nitrogens with zero attached hydrogens (tertiary/aromatic N) is 5. The Kier molecular flexibility index (Phi) is 8.21. The van der Waals surface area contributed by atoms with Gasteiger partial charge in [-0.05, 0) is 43.5 Å². The molecule has 3 heterocycles. The molecule has 1 aromatic heterocycles. The van der Waals surface area contributed by atoms with Crippen molar-refractivity contribution in [3.8, 4) is 0 Å². The number of nitrogens with two attached hydrogens (primary N) is 1. The Hall–Kier alpha value is -1.09. The number of likely N-dealkylation sites (N-methyl/N-ethyl adjacent to an activating group) is 1. The van der Waals surface area contributed by atoms with Crippen molar-refractivity contribution in [3.05, 3.63) is 23.9 Å². The fourth-order valence-electron chi connectivity index (χ4n) is 3.42. The standard InChI is InChI=1S/C18H30N6.HI/c1-2-22-10-12-23(13-11-22)17-14-16(6-7-20-17)15-21-18(19)24-8-4-3-5-9-24;/h6-7,14H,2-5,8-13,15H2,1H3,(H2,19,21);1H. The van der Waals surface area contributed by atoms with Crippen LogP contribution < -0.4 is 10.6 Å². The highest BCUT2D eigenvalue weighted by Crippen LogP contribution is 2.16. The maximum atomic E-state index is 6.15. The van der Waals surface area contributed by atoms with Crippen LogP contribution in [0.5, 0.6) is 0 Å². The zero-order valence-electron chi connectivity index (χ0n) is 15.2. The van der Waals surface area contributed by atoms with E-state index in [0.29, 0.717) is 12.5 Å². The monoisotopic (exact) mass is 458 g/mol. The van der Waals surface area contributed by atoms with Crippen molar-refractivity contribution in [2.75, 3.05) is 50.7 Å². The Bertz CT molecular complexity index is 550. The Morgan fingerprint density at radius 2 is 1.84 bits per heavy atom. The fraction of sp³-hybridized carbons (Fsp3) is 0.667. The summed E-state index contributed by atoms with van der Waals surface area (Å²) in [5, 5.41) is 0. The van der Waals surface area contributed by atoms with Gasteiger partial charge < -0.3 is 20.4 Å². The largest absolute Gasteiger partial charge is 0.370 e. The predicted molar refractivity (Wildman–Crippen MR) is 115 cm³/mol. The molecule has 0 unspecified atom stereocenters. The first-order chi connectivity index (χ1) is 11.8. The number of pyridine rings is 1. The highest BCUT2D eigenvalue weighted by atomic mass is 127. The summed E-state index contributed by atoms with van der Waals surface area (Å²) in [5.41, 5.74) is 7.33. The molecule has 0 radical (unpaired) electrons. The van der Waals surface area contributed by atoms with Crippen molar-refractivity contribution in [3.63, 3.8) is 0 Å². The second-order valence-corrected chi connectivity index (χ2v) is 6.67. The Morgan fingerprint density at radius 3 is 2.52 bits per heavy atom. The number of rotatable bonds is 4. The van der Waals surface area contributed by atoms with E-state index in [0.717, 1.165) is 51.6 Å². The first kappa shape index (κ1) is 20.2. The molecule has 2 saturated heterocycles. The van der Waals surface area contributed by atoms with Crippen molar-refractivity contribution in [1.82, 2.24) is 14.8 Å². The number of aliphatic imine (C=N–C) groups is 1. The van der Waals surface area contributed by atoms with Gasteiger partial charge in [0.25, 0.3) is 0 Å². The van der Waals surface area contributed by atoms with Crippen molar-refractivity contribution >= 4 is 35.8 Å². The topological polar surface area (TPSA) is 61.0 Å². The van der Waals surface area contributed by atoms with Gasteiger partial charge in [0.15, 0.2) is 5.96 Å². The van der Waals surface area contributed by atoms with Crippen LogP contribution in [-0.2, 0) is 6.54 Å². The molecule has 2 N–H and O–H groups in total. The molecule has 0 atom stereocenters. The average molecular weight is 458 g/mol. The zero-order valence-corrected chi connectivity index (χ0v) is 17.6. The van der Waals surface area contributed by atoms with Gasteiger partial charge in [-0.3, -0.25) is 0 Å². The lowest BCUT2D eigenvalue weighted by Crippen LogP contribution is -2.46. The molecule has 2 aliphatic heterocycles. The van der Waals surface area contributed by atoms with Crippen molar-refractivity contribution in [2.45, 2.75) is 32.7 Å². The highest BCUT2D eigenvalue weighted by molar-refractivity contribution is 14.0. The lowest BCUT2D eigenvalue weighted by Gasteiger charge is -2.34. The van der Waals surface area contributed by atoms with Gasteiger partial charge >= 0.3 is 0 Å². The SMILES string of the molecule is CCN1CCN(c2cc(CN=C(N)N3CCCCC3)ccn2)CC1.I. The number of guanidine groups is 1. The number of anilines is 1. The molecular formula is C18H31IN6. The quantitative estimate of drug-likeness (QED) is 0.426. The third-order valence-corrected chi connectivity index (χ3v) is 5.06. The van der Waals surface area contributed by atoms with E-state index in [1.807, 2.05) is 12.3 Å². The van der Waals surface area contributed by atoms with E-state index >= 15 is 0 Å². The predicted octanol–water partition coefficient (Wildman–Crippen LogP) is 2.14. The van der Waals surface area contributed by atoms with Crippen LogP contribution in [0, 0.1) is 0 Å². The second kappa shape index (κ2) is 10.2. The summed E-state index contributed by atoms with van der Waals surface area (Å²) in [7, 11) is 0. The molecule has 2 aliphatic rings. The fourth-order valence-corrected chi connectivity index (χ4v) is 3.42. The van der Waals surface area contributed by atoms with Crippen LogP contribution in [0.4, 0.5) is 5.82 Å². The van der Waals surface area contributed by atoms with Crippen molar-refractivity contribution in [1.29, 1.82) is 0 Å². The molecule has 6 nitrogen and oxygen atoms in total. The minimum atomic E-state index is 0. The Labute approximate surface area is 168 Å². The van der Waals surface area contributed by atoms with E-state index in [2.05, 4.69) is 37.7 Å². The van der Waals surface area contributed by atoms with Crippen LogP contribution >= 0.6 is 24.0 Å². The van der Waals surface area contributed by atoms with E-state index in [9.17, 15) is 0 Å². The summed E-state index contributed by atoms with van der Waals surface area (Å²) in [4.78, 5) is 16.2. The van der Waals surface area contributed by atoms with E-state index < -0.39 is 0 Å². The molecule has 0 bridgehead atoms. The maximum absolute atomic E-state index is 6.15. The van der Waals surface area contributed by atoms with Crippen molar-refractivity contribution in [2.24, 2.45) is 10.7 Å². The molecule has 0 amide bonds. The molecule has 3 rings (SSSR count). The molecular weight excluding hydrogens is 427 g/mol. The van der Waals surface area contributed by atoms with Crippen LogP contribution in [0.3, 0.4) is 0 Å². The Morgan fingerprint density at radius 1 is 1.12 bits per heavy atom. The van der Waals surface area contributed by atoms with Gasteiger partial charge in [0.05, 0.1) is 6.54 Å². The lowest BCUT2D eigenvalue weighted by molar-refractivity contribution is 0.270. The van der Waals surface area contributed by atoms with Crippen LogP contribution in [0.2, 0.25) is 0 Å². The van der Waals surface area contributed by atoms with E-state index in [-0.39, 0.29) is 24.0 Å². The number of piperidine rings is 1. The number of aromatic nitrogens is 1. The summed E-state index contributed by atoms with van der Waals surface area (Å²) in [6.07, 6.45) is 5.64. The highest BCUT2D eigenvalue weighted by Gasteiger charge is 2.17. The number of piperazine rings is 1. The van der Waals surface area contributed by atoms with Gasteiger partial charge in [0.2, 0.25) is 0 Å². The van der Waals surface area contributed by atoms with Crippen LogP contribution in [0.1, 0.15) is 31.7 Å². The third kappa shape index (κ3) is 5.70. The normalized spacial score (nSPS) is 19.6. The molecule has 0 aliphatic carbocycles. The molecule has 0 saturated carbocycles. The first-order valence-corrected chi connectivity index (χ1v) is 9.23. The summed E-state index contributed by atoms with van der Waals surface area (Å²) in [6, 6.07) is 4.20. The molecule has 0 spiro atoms. The minimum absolute atomic E-state index is 0. The molecule has 25 heavy (non-hydrogen) atoms. The summed E-state index contributed by atoms with van der Waals surface area (Å²) in [6.45, 7) is 10.4. The smallest absolute Gasteiger partial charge is 0.191 e. The first-order valence-electron chi connectivity index (χ1n) is 9.23. The van der Waals surface area contributed by atoms with Gasteiger partial charge in [-0.15, -0.1) is 24.0 Å². The molecule has 2 fully saturated rings. The maximum Gasteiger partial charge on any atom is 0.191 e. The number of hydrogen-bond donors (Lipinski definition) is 1. The van der Waals surface area contributed by atoms with Gasteiger partial charge in [-0.2, -0.15) is 0 Å². The van der Waals surface area contributed by atoms with Gasteiger partial charge in [-0.1, -0.05) is 6.92 Å². The molecule has 140 valence electrons. The zero-order chi connectivity index (χ0) is 16.8. The van der Waals surface area contributed by atoms with E-state index in [1.54, 1.807) is 0 Å². The van der Waals surface area contributed by atoms with Gasteiger partial charge in [0.1, 0.15) is 5.82 Å². The molecule has 7 heteroatoms. The molecule has 1 aromatic rings. The summed E-state index contributed by atoms with van der Waals surface area (Å²) in [5.74, 6) is 1.75. The molecule has 0 aromatic carbocycles. The summed E-state index contributed by atoms with van der Waals surface area (Å²) >= 11 is 0. The summed E-state index contributed by atoms with van der Waals surface area (Å²) < 4.78 is 0. The number of halogens is 1. The average Bonchev–Trinajstić information content (AvgIpc) is 2.67.